The van der Waals surface area contributed by atoms with Crippen LogP contribution < -0.4 is 10.1 Å². The summed E-state index contributed by atoms with van der Waals surface area (Å²) in [6, 6.07) is 22.3. The molecule has 1 atom stereocenters. The molecule has 0 heterocycles. The molecule has 3 aromatic rings. The van der Waals surface area contributed by atoms with Gasteiger partial charge in [-0.25, -0.2) is 4.39 Å². The first-order valence-electron chi connectivity index (χ1n) is 11.0. The first-order valence-corrected chi connectivity index (χ1v) is 11.0. The number of carbonyl (C=O) groups is 2. The predicted octanol–water partition coefficient (Wildman–Crippen LogP) is 4.29. The van der Waals surface area contributed by atoms with Crippen LogP contribution >= 0.6 is 0 Å². The van der Waals surface area contributed by atoms with Gasteiger partial charge in [0.05, 0.1) is 0 Å². The Balaban J connectivity index is 1.89. The summed E-state index contributed by atoms with van der Waals surface area (Å²) >= 11 is 0. The Bertz CT molecular complexity index is 1050. The monoisotopic (exact) mass is 448 g/mol. The van der Waals surface area contributed by atoms with Crippen molar-refractivity contribution < 1.29 is 18.7 Å². The SMILES string of the molecule is CCNC(=O)[C@H](Cc1ccccc1)N(Cc1ccccc1F)C(=O)COc1ccc(C)cc1. The zero-order valence-corrected chi connectivity index (χ0v) is 19.0. The van der Waals surface area contributed by atoms with E-state index >= 15 is 0 Å². The number of amides is 2. The molecule has 33 heavy (non-hydrogen) atoms. The number of rotatable bonds is 10. The number of carbonyl (C=O) groups excluding carboxylic acids is 2. The minimum atomic E-state index is -0.818. The number of ether oxygens (including phenoxy) is 1. The highest BCUT2D eigenvalue weighted by molar-refractivity contribution is 5.88. The third-order valence-electron chi connectivity index (χ3n) is 5.30. The summed E-state index contributed by atoms with van der Waals surface area (Å²) in [5, 5.41) is 2.81. The summed E-state index contributed by atoms with van der Waals surface area (Å²) in [6.45, 7) is 3.90. The smallest absolute Gasteiger partial charge is 0.261 e. The van der Waals surface area contributed by atoms with Crippen LogP contribution in [0.3, 0.4) is 0 Å². The maximum Gasteiger partial charge on any atom is 0.261 e. The van der Waals surface area contributed by atoms with Crippen LogP contribution in [0.1, 0.15) is 23.6 Å². The first-order chi connectivity index (χ1) is 16.0. The van der Waals surface area contributed by atoms with Gasteiger partial charge in [-0.15, -0.1) is 0 Å². The molecule has 0 aliphatic carbocycles. The van der Waals surface area contributed by atoms with Gasteiger partial charge in [-0.2, -0.15) is 0 Å². The number of benzene rings is 3. The van der Waals surface area contributed by atoms with E-state index in [0.29, 0.717) is 24.3 Å². The van der Waals surface area contributed by atoms with Gasteiger partial charge in [-0.1, -0.05) is 66.2 Å². The Labute approximate surface area is 194 Å². The van der Waals surface area contributed by atoms with E-state index in [-0.39, 0.29) is 19.1 Å². The molecule has 172 valence electrons. The highest BCUT2D eigenvalue weighted by Crippen LogP contribution is 2.18. The lowest BCUT2D eigenvalue weighted by Gasteiger charge is -2.31. The van der Waals surface area contributed by atoms with Crippen molar-refractivity contribution in [2.75, 3.05) is 13.2 Å². The maximum atomic E-state index is 14.5. The van der Waals surface area contributed by atoms with Crippen LogP contribution in [0.4, 0.5) is 4.39 Å². The molecule has 0 aliphatic rings. The van der Waals surface area contributed by atoms with Crippen LogP contribution in [-0.2, 0) is 22.6 Å². The molecule has 0 aliphatic heterocycles. The number of hydrogen-bond donors (Lipinski definition) is 1. The standard InChI is InChI=1S/C27H29FN2O3/c1-3-29-27(32)25(17-21-9-5-4-6-10-21)30(18-22-11-7-8-12-24(22)28)26(31)19-33-23-15-13-20(2)14-16-23/h4-16,25H,3,17-19H2,1-2H3,(H,29,32)/t25-/m0/s1. The van der Waals surface area contributed by atoms with Gasteiger partial charge in [0, 0.05) is 25.1 Å². The fourth-order valence-electron chi connectivity index (χ4n) is 3.52. The van der Waals surface area contributed by atoms with Crippen molar-refractivity contribution >= 4 is 11.8 Å². The van der Waals surface area contributed by atoms with E-state index in [1.807, 2.05) is 56.3 Å². The van der Waals surface area contributed by atoms with E-state index < -0.39 is 17.8 Å². The molecule has 0 fully saturated rings. The number of hydrogen-bond acceptors (Lipinski definition) is 3. The van der Waals surface area contributed by atoms with Gasteiger partial charge in [-0.05, 0) is 37.6 Å². The molecular weight excluding hydrogens is 419 g/mol. The third kappa shape index (κ3) is 6.91. The van der Waals surface area contributed by atoms with Crippen LogP contribution in [0, 0.1) is 12.7 Å². The van der Waals surface area contributed by atoms with Crippen LogP contribution in [0.25, 0.3) is 0 Å². The van der Waals surface area contributed by atoms with Crippen LogP contribution in [-0.4, -0.2) is 35.9 Å². The average molecular weight is 449 g/mol. The molecule has 6 heteroatoms. The van der Waals surface area contributed by atoms with Gasteiger partial charge < -0.3 is 15.0 Å². The number of nitrogens with zero attached hydrogens (tertiary/aromatic N) is 1. The number of aryl methyl sites for hydroxylation is 1. The fourth-order valence-corrected chi connectivity index (χ4v) is 3.52. The van der Waals surface area contributed by atoms with Crippen LogP contribution in [0.15, 0.2) is 78.9 Å². The van der Waals surface area contributed by atoms with Crippen LogP contribution in [0.5, 0.6) is 5.75 Å². The first kappa shape index (κ1) is 24.0. The summed E-state index contributed by atoms with van der Waals surface area (Å²) < 4.78 is 20.2. The predicted molar refractivity (Wildman–Crippen MR) is 126 cm³/mol. The Morgan fingerprint density at radius 1 is 0.970 bits per heavy atom. The molecule has 0 aromatic heterocycles. The van der Waals surface area contributed by atoms with Gasteiger partial charge in [0.2, 0.25) is 5.91 Å². The average Bonchev–Trinajstić information content (AvgIpc) is 2.82. The molecule has 5 nitrogen and oxygen atoms in total. The van der Waals surface area contributed by atoms with Gasteiger partial charge in [-0.3, -0.25) is 9.59 Å². The molecule has 0 unspecified atom stereocenters. The molecule has 0 saturated carbocycles. The van der Waals surface area contributed by atoms with Crippen molar-refractivity contribution in [2.45, 2.75) is 32.9 Å². The lowest BCUT2D eigenvalue weighted by atomic mass is 10.0. The molecular formula is C27H29FN2O3. The lowest BCUT2D eigenvalue weighted by Crippen LogP contribution is -2.51. The molecule has 0 saturated heterocycles. The summed E-state index contributed by atoms with van der Waals surface area (Å²) in [5.41, 5.74) is 2.32. The molecule has 0 spiro atoms. The van der Waals surface area contributed by atoms with Crippen molar-refractivity contribution in [3.8, 4) is 5.75 Å². The quantitative estimate of drug-likeness (QED) is 0.503. The third-order valence-corrected chi connectivity index (χ3v) is 5.30. The minimum absolute atomic E-state index is 0.0442. The summed E-state index contributed by atoms with van der Waals surface area (Å²) in [4.78, 5) is 27.8. The molecule has 1 N–H and O–H groups in total. The number of nitrogens with one attached hydrogen (secondary N) is 1. The van der Waals surface area contributed by atoms with E-state index in [2.05, 4.69) is 5.32 Å². The Morgan fingerprint density at radius 2 is 1.64 bits per heavy atom. The van der Waals surface area contributed by atoms with Crippen molar-refractivity contribution in [1.29, 1.82) is 0 Å². The summed E-state index contributed by atoms with van der Waals surface area (Å²) in [7, 11) is 0. The van der Waals surface area contributed by atoms with E-state index in [1.165, 1.54) is 11.0 Å². The van der Waals surface area contributed by atoms with Gasteiger partial charge in [0.15, 0.2) is 6.61 Å². The van der Waals surface area contributed by atoms with Crippen molar-refractivity contribution in [1.82, 2.24) is 10.2 Å². The second kappa shape index (κ2) is 11.8. The highest BCUT2D eigenvalue weighted by Gasteiger charge is 2.31. The molecule has 3 rings (SSSR count). The Hall–Kier alpha value is -3.67. The molecule has 0 radical (unpaired) electrons. The van der Waals surface area contributed by atoms with E-state index in [4.69, 9.17) is 4.74 Å². The number of halogens is 1. The van der Waals surface area contributed by atoms with E-state index in [9.17, 15) is 14.0 Å². The Kier molecular flexibility index (Phi) is 8.58. The zero-order valence-electron chi connectivity index (χ0n) is 19.0. The van der Waals surface area contributed by atoms with Gasteiger partial charge in [0.1, 0.15) is 17.6 Å². The minimum Gasteiger partial charge on any atom is -0.484 e. The zero-order chi connectivity index (χ0) is 23.6. The molecule has 0 bridgehead atoms. The summed E-state index contributed by atoms with van der Waals surface area (Å²) in [6.07, 6.45) is 0.303. The fraction of sp³-hybridized carbons (Fsp3) is 0.259. The van der Waals surface area contributed by atoms with Crippen molar-refractivity contribution in [3.05, 3.63) is 101 Å². The molecule has 3 aromatic carbocycles. The summed E-state index contributed by atoms with van der Waals surface area (Å²) in [5.74, 6) is -0.561. The second-order valence-electron chi connectivity index (χ2n) is 7.81. The highest BCUT2D eigenvalue weighted by atomic mass is 19.1. The van der Waals surface area contributed by atoms with E-state index in [0.717, 1.165) is 11.1 Å². The van der Waals surface area contributed by atoms with Crippen molar-refractivity contribution in [3.63, 3.8) is 0 Å². The number of likely N-dealkylation sites (N-methyl/N-ethyl adjacent to an activating group) is 1. The van der Waals surface area contributed by atoms with Gasteiger partial charge >= 0.3 is 0 Å². The van der Waals surface area contributed by atoms with E-state index in [1.54, 1.807) is 30.3 Å². The second-order valence-corrected chi connectivity index (χ2v) is 7.81. The molecule has 2 amide bonds. The largest absolute Gasteiger partial charge is 0.484 e. The van der Waals surface area contributed by atoms with Gasteiger partial charge in [0.25, 0.3) is 5.91 Å². The normalized spacial score (nSPS) is 11.5. The van der Waals surface area contributed by atoms with Crippen LogP contribution in [0.2, 0.25) is 0 Å². The van der Waals surface area contributed by atoms with Crippen molar-refractivity contribution in [2.24, 2.45) is 0 Å². The topological polar surface area (TPSA) is 58.6 Å². The Morgan fingerprint density at radius 3 is 2.30 bits per heavy atom. The lowest BCUT2D eigenvalue weighted by molar-refractivity contribution is -0.142. The maximum absolute atomic E-state index is 14.5.